The zero-order valence-electron chi connectivity index (χ0n) is 16.3. The Labute approximate surface area is 165 Å². The third-order valence-electron chi connectivity index (χ3n) is 4.62. The fraction of sp³-hybridized carbons (Fsp3) is 0.208. The molecule has 4 heteroatoms. The van der Waals surface area contributed by atoms with Crippen molar-refractivity contribution < 1.29 is 14.3 Å². The van der Waals surface area contributed by atoms with Crippen LogP contribution in [0.4, 0.5) is 5.69 Å². The molecule has 1 atom stereocenters. The standard InChI is InChI=1S/C24H25NO3/c1-4-28-24(26)17(2)15-23(25-21-11-13-22(27-3)14-12-21)20-10-9-18-7-5-6-8-19(18)16-20/h5-14,16,23,25H,2,4,15H2,1,3H3. The molecule has 0 spiro atoms. The van der Waals surface area contributed by atoms with Crippen LogP contribution in [0.5, 0.6) is 5.75 Å². The van der Waals surface area contributed by atoms with Gasteiger partial charge in [-0.1, -0.05) is 43.0 Å². The predicted molar refractivity (Wildman–Crippen MR) is 114 cm³/mol. The molecule has 3 aromatic rings. The fourth-order valence-electron chi connectivity index (χ4n) is 3.13. The van der Waals surface area contributed by atoms with E-state index < -0.39 is 0 Å². The highest BCUT2D eigenvalue weighted by Crippen LogP contribution is 2.29. The largest absolute Gasteiger partial charge is 0.497 e. The van der Waals surface area contributed by atoms with Gasteiger partial charge in [0.05, 0.1) is 19.8 Å². The van der Waals surface area contributed by atoms with Crippen LogP contribution >= 0.6 is 0 Å². The number of hydrogen-bond donors (Lipinski definition) is 1. The van der Waals surface area contributed by atoms with E-state index in [9.17, 15) is 4.79 Å². The van der Waals surface area contributed by atoms with Gasteiger partial charge in [-0.2, -0.15) is 0 Å². The average molecular weight is 375 g/mol. The van der Waals surface area contributed by atoms with Gasteiger partial charge in [0.1, 0.15) is 5.75 Å². The monoisotopic (exact) mass is 375 g/mol. The van der Waals surface area contributed by atoms with Gasteiger partial charge in [0.25, 0.3) is 0 Å². The summed E-state index contributed by atoms with van der Waals surface area (Å²) in [5.41, 5.74) is 2.47. The molecule has 28 heavy (non-hydrogen) atoms. The Bertz CT molecular complexity index is 963. The Morgan fingerprint density at radius 2 is 1.75 bits per heavy atom. The van der Waals surface area contributed by atoms with E-state index >= 15 is 0 Å². The molecule has 0 aromatic heterocycles. The van der Waals surface area contributed by atoms with Gasteiger partial charge >= 0.3 is 5.97 Å². The van der Waals surface area contributed by atoms with E-state index in [0.717, 1.165) is 22.4 Å². The number of anilines is 1. The first-order chi connectivity index (χ1) is 13.6. The molecular formula is C24H25NO3. The zero-order chi connectivity index (χ0) is 19.9. The van der Waals surface area contributed by atoms with E-state index in [1.165, 1.54) is 5.39 Å². The van der Waals surface area contributed by atoms with Crippen LogP contribution < -0.4 is 10.1 Å². The number of benzene rings is 3. The Morgan fingerprint density at radius 1 is 1.04 bits per heavy atom. The lowest BCUT2D eigenvalue weighted by Crippen LogP contribution is -2.16. The molecule has 1 unspecified atom stereocenters. The van der Waals surface area contributed by atoms with Gasteiger partial charge in [-0.05, 0) is 53.6 Å². The Hall–Kier alpha value is -3.27. The highest BCUT2D eigenvalue weighted by molar-refractivity contribution is 5.88. The number of carbonyl (C=O) groups excluding carboxylic acids is 1. The van der Waals surface area contributed by atoms with Crippen molar-refractivity contribution in [2.45, 2.75) is 19.4 Å². The van der Waals surface area contributed by atoms with Crippen LogP contribution in [0.25, 0.3) is 10.8 Å². The van der Waals surface area contributed by atoms with E-state index in [1.807, 2.05) is 36.4 Å². The highest BCUT2D eigenvalue weighted by Gasteiger charge is 2.18. The molecule has 1 N–H and O–H groups in total. The van der Waals surface area contributed by atoms with Crippen molar-refractivity contribution in [1.82, 2.24) is 0 Å². The minimum absolute atomic E-state index is 0.116. The van der Waals surface area contributed by atoms with E-state index in [2.05, 4.69) is 42.2 Å². The number of esters is 1. The molecule has 3 aromatic carbocycles. The SMILES string of the molecule is C=C(CC(Nc1ccc(OC)cc1)c1ccc2ccccc2c1)C(=O)OCC. The zero-order valence-corrected chi connectivity index (χ0v) is 16.3. The topological polar surface area (TPSA) is 47.6 Å². The van der Waals surface area contributed by atoms with Crippen molar-refractivity contribution in [3.05, 3.63) is 84.4 Å². The van der Waals surface area contributed by atoms with Gasteiger partial charge in [-0.15, -0.1) is 0 Å². The molecule has 3 rings (SSSR count). The summed E-state index contributed by atoms with van der Waals surface area (Å²) in [6.07, 6.45) is 0.448. The van der Waals surface area contributed by atoms with Gasteiger partial charge in [0.15, 0.2) is 0 Å². The predicted octanol–water partition coefficient (Wildman–Crippen LogP) is 5.51. The molecule has 0 bridgehead atoms. The van der Waals surface area contributed by atoms with Crippen molar-refractivity contribution in [2.24, 2.45) is 0 Å². The third-order valence-corrected chi connectivity index (χ3v) is 4.62. The van der Waals surface area contributed by atoms with E-state index in [1.54, 1.807) is 14.0 Å². The van der Waals surface area contributed by atoms with Gasteiger partial charge in [0, 0.05) is 17.7 Å². The van der Waals surface area contributed by atoms with Crippen LogP contribution in [0.15, 0.2) is 78.9 Å². The maximum atomic E-state index is 12.1. The Balaban J connectivity index is 1.89. The summed E-state index contributed by atoms with van der Waals surface area (Å²) in [5.74, 6) is 0.438. The minimum Gasteiger partial charge on any atom is -0.497 e. The van der Waals surface area contributed by atoms with Crippen molar-refractivity contribution in [3.63, 3.8) is 0 Å². The van der Waals surface area contributed by atoms with Crippen molar-refractivity contribution in [3.8, 4) is 5.75 Å². The van der Waals surface area contributed by atoms with Crippen LogP contribution in [0.1, 0.15) is 24.9 Å². The molecule has 4 nitrogen and oxygen atoms in total. The average Bonchev–Trinajstić information content (AvgIpc) is 2.73. The van der Waals surface area contributed by atoms with Gasteiger partial charge in [-0.25, -0.2) is 4.79 Å². The quantitative estimate of drug-likeness (QED) is 0.416. The summed E-state index contributed by atoms with van der Waals surface area (Å²) in [7, 11) is 1.64. The molecule has 0 radical (unpaired) electrons. The summed E-state index contributed by atoms with van der Waals surface area (Å²) in [6.45, 7) is 6.07. The summed E-state index contributed by atoms with van der Waals surface area (Å²) >= 11 is 0. The van der Waals surface area contributed by atoms with Crippen molar-refractivity contribution in [1.29, 1.82) is 0 Å². The molecule has 0 amide bonds. The maximum absolute atomic E-state index is 12.1. The summed E-state index contributed by atoms with van der Waals surface area (Å²) in [5, 5.41) is 5.85. The second-order valence-corrected chi connectivity index (χ2v) is 6.56. The first kappa shape index (κ1) is 19.5. The van der Waals surface area contributed by atoms with Crippen molar-refractivity contribution in [2.75, 3.05) is 19.0 Å². The molecule has 144 valence electrons. The smallest absolute Gasteiger partial charge is 0.333 e. The number of hydrogen-bond acceptors (Lipinski definition) is 4. The fourth-order valence-corrected chi connectivity index (χ4v) is 3.13. The molecular weight excluding hydrogens is 350 g/mol. The maximum Gasteiger partial charge on any atom is 0.333 e. The molecule has 0 fully saturated rings. The van der Waals surface area contributed by atoms with Crippen LogP contribution in [-0.2, 0) is 9.53 Å². The van der Waals surface area contributed by atoms with Gasteiger partial charge < -0.3 is 14.8 Å². The first-order valence-electron chi connectivity index (χ1n) is 9.35. The molecule has 0 aliphatic rings. The number of methoxy groups -OCH3 is 1. The van der Waals surface area contributed by atoms with Gasteiger partial charge in [-0.3, -0.25) is 0 Å². The molecule has 0 saturated heterocycles. The van der Waals surface area contributed by atoms with Crippen LogP contribution in [-0.4, -0.2) is 19.7 Å². The number of carbonyl (C=O) groups is 1. The minimum atomic E-state index is -0.357. The summed E-state index contributed by atoms with van der Waals surface area (Å²) < 4.78 is 10.3. The van der Waals surface area contributed by atoms with E-state index in [0.29, 0.717) is 18.6 Å². The van der Waals surface area contributed by atoms with Crippen LogP contribution in [0.2, 0.25) is 0 Å². The van der Waals surface area contributed by atoms with Crippen LogP contribution in [0.3, 0.4) is 0 Å². The first-order valence-corrected chi connectivity index (χ1v) is 9.35. The highest BCUT2D eigenvalue weighted by atomic mass is 16.5. The number of rotatable bonds is 8. The second kappa shape index (κ2) is 9.09. The van der Waals surface area contributed by atoms with Crippen molar-refractivity contribution >= 4 is 22.4 Å². The lowest BCUT2D eigenvalue weighted by Gasteiger charge is -2.22. The number of ether oxygens (including phenoxy) is 2. The Kier molecular flexibility index (Phi) is 6.33. The Morgan fingerprint density at radius 3 is 2.43 bits per heavy atom. The summed E-state index contributed by atoms with van der Waals surface area (Å²) in [6, 6.07) is 22.2. The van der Waals surface area contributed by atoms with E-state index in [-0.39, 0.29) is 12.0 Å². The number of nitrogens with one attached hydrogen (secondary N) is 1. The van der Waals surface area contributed by atoms with Gasteiger partial charge in [0.2, 0.25) is 0 Å². The third kappa shape index (κ3) is 4.71. The van der Waals surface area contributed by atoms with Crippen LogP contribution in [0, 0.1) is 0 Å². The number of fused-ring (bicyclic) bond motifs is 1. The second-order valence-electron chi connectivity index (χ2n) is 6.56. The normalized spacial score (nSPS) is 11.6. The molecule has 0 saturated carbocycles. The molecule has 0 aliphatic heterocycles. The molecule has 0 aliphatic carbocycles. The lowest BCUT2D eigenvalue weighted by molar-refractivity contribution is -0.138. The summed E-state index contributed by atoms with van der Waals surface area (Å²) in [4.78, 5) is 12.1. The lowest BCUT2D eigenvalue weighted by atomic mass is 9.96. The van der Waals surface area contributed by atoms with E-state index in [4.69, 9.17) is 9.47 Å². The molecule has 0 heterocycles.